The minimum atomic E-state index is -0.242. The van der Waals surface area contributed by atoms with Gasteiger partial charge in [0.15, 0.2) is 11.9 Å². The van der Waals surface area contributed by atoms with Crippen molar-refractivity contribution in [2.75, 3.05) is 25.6 Å². The second-order valence-electron chi connectivity index (χ2n) is 4.63. The summed E-state index contributed by atoms with van der Waals surface area (Å²) in [5.74, 6) is 2.02. The van der Waals surface area contributed by atoms with Crippen molar-refractivity contribution in [1.29, 1.82) is 0 Å². The van der Waals surface area contributed by atoms with Crippen molar-refractivity contribution in [3.05, 3.63) is 36.0 Å². The molecule has 1 aromatic heterocycles. The first-order valence-electron chi connectivity index (χ1n) is 6.68. The maximum atomic E-state index is 5.87. The third-order valence-corrected chi connectivity index (χ3v) is 3.14. The van der Waals surface area contributed by atoms with Gasteiger partial charge in [-0.3, -0.25) is 0 Å². The molecule has 3 rings (SSSR count). The summed E-state index contributed by atoms with van der Waals surface area (Å²) < 4.78 is 16.2. The van der Waals surface area contributed by atoms with Crippen molar-refractivity contribution in [3.8, 4) is 5.75 Å². The van der Waals surface area contributed by atoms with Gasteiger partial charge in [-0.1, -0.05) is 17.3 Å². The summed E-state index contributed by atoms with van der Waals surface area (Å²) in [5, 5.41) is 7.27. The molecular formula is C14H17N3O3. The number of fused-ring (bicyclic) bond motifs is 1. The monoisotopic (exact) mass is 275 g/mol. The van der Waals surface area contributed by atoms with Crippen LogP contribution in [-0.2, 0) is 11.2 Å². The summed E-state index contributed by atoms with van der Waals surface area (Å²) in [6, 6.07) is 7.81. The third-order valence-electron chi connectivity index (χ3n) is 3.14. The van der Waals surface area contributed by atoms with E-state index in [-0.39, 0.29) is 6.10 Å². The molecule has 0 radical (unpaired) electrons. The van der Waals surface area contributed by atoms with Crippen molar-refractivity contribution < 1.29 is 14.0 Å². The van der Waals surface area contributed by atoms with Crippen LogP contribution < -0.4 is 10.1 Å². The molecule has 6 heteroatoms. The van der Waals surface area contributed by atoms with Crippen LogP contribution in [0.5, 0.6) is 5.75 Å². The van der Waals surface area contributed by atoms with Gasteiger partial charge < -0.3 is 19.3 Å². The highest BCUT2D eigenvalue weighted by atomic mass is 16.5. The normalized spacial score (nSPS) is 17.1. The topological polar surface area (TPSA) is 69.4 Å². The molecule has 1 aliphatic rings. The number of hydrogen-bond donors (Lipinski definition) is 1. The van der Waals surface area contributed by atoms with Crippen LogP contribution in [0.25, 0.3) is 0 Å². The first-order valence-corrected chi connectivity index (χ1v) is 6.68. The van der Waals surface area contributed by atoms with Gasteiger partial charge in [0.25, 0.3) is 5.89 Å². The SMILES string of the molecule is COCCCc1noc(C2CNc3ccccc3O2)n1. The molecule has 1 aromatic carbocycles. The Morgan fingerprint density at radius 2 is 2.30 bits per heavy atom. The van der Waals surface area contributed by atoms with Gasteiger partial charge in [0.2, 0.25) is 0 Å². The lowest BCUT2D eigenvalue weighted by atomic mass is 10.2. The zero-order chi connectivity index (χ0) is 13.8. The highest BCUT2D eigenvalue weighted by molar-refractivity contribution is 5.57. The summed E-state index contributed by atoms with van der Waals surface area (Å²) in [5.41, 5.74) is 0.989. The van der Waals surface area contributed by atoms with Crippen LogP contribution in [-0.4, -0.2) is 30.4 Å². The van der Waals surface area contributed by atoms with Gasteiger partial charge in [-0.05, 0) is 18.6 Å². The zero-order valence-electron chi connectivity index (χ0n) is 11.3. The van der Waals surface area contributed by atoms with E-state index in [0.717, 1.165) is 24.3 Å². The smallest absolute Gasteiger partial charge is 0.269 e. The summed E-state index contributed by atoms with van der Waals surface area (Å²) in [6.07, 6.45) is 1.38. The minimum absolute atomic E-state index is 0.242. The van der Waals surface area contributed by atoms with Gasteiger partial charge in [0.05, 0.1) is 12.2 Å². The molecule has 1 atom stereocenters. The van der Waals surface area contributed by atoms with Crippen LogP contribution in [0, 0.1) is 0 Å². The Morgan fingerprint density at radius 3 is 3.20 bits per heavy atom. The molecule has 2 aromatic rings. The number of nitrogens with zero attached hydrogens (tertiary/aromatic N) is 2. The predicted octanol–water partition coefficient (Wildman–Crippen LogP) is 2.19. The molecule has 1 unspecified atom stereocenters. The molecule has 0 fully saturated rings. The third kappa shape index (κ3) is 2.75. The van der Waals surface area contributed by atoms with Crippen LogP contribution in [0.2, 0.25) is 0 Å². The number of rotatable bonds is 5. The van der Waals surface area contributed by atoms with Gasteiger partial charge in [-0.2, -0.15) is 4.98 Å². The Bertz CT molecular complexity index is 570. The molecule has 0 aliphatic carbocycles. The van der Waals surface area contributed by atoms with Crippen LogP contribution in [0.3, 0.4) is 0 Å². The molecule has 2 heterocycles. The average molecular weight is 275 g/mol. The second-order valence-corrected chi connectivity index (χ2v) is 4.63. The Hall–Kier alpha value is -2.08. The maximum Gasteiger partial charge on any atom is 0.269 e. The summed E-state index contributed by atoms with van der Waals surface area (Å²) in [4.78, 5) is 4.38. The molecule has 1 aliphatic heterocycles. The number of hydrogen-bond acceptors (Lipinski definition) is 6. The molecule has 1 N–H and O–H groups in total. The molecule has 0 bridgehead atoms. The van der Waals surface area contributed by atoms with Crippen molar-refractivity contribution in [3.63, 3.8) is 0 Å². The van der Waals surface area contributed by atoms with Crippen molar-refractivity contribution in [1.82, 2.24) is 10.1 Å². The quantitative estimate of drug-likeness (QED) is 0.844. The fourth-order valence-electron chi connectivity index (χ4n) is 2.13. The van der Waals surface area contributed by atoms with E-state index >= 15 is 0 Å². The van der Waals surface area contributed by atoms with Gasteiger partial charge in [0.1, 0.15) is 5.75 Å². The number of methoxy groups -OCH3 is 1. The van der Waals surface area contributed by atoms with E-state index in [4.69, 9.17) is 14.0 Å². The van der Waals surface area contributed by atoms with Crippen LogP contribution in [0.15, 0.2) is 28.8 Å². The van der Waals surface area contributed by atoms with E-state index < -0.39 is 0 Å². The first-order chi connectivity index (χ1) is 9.86. The number of para-hydroxylation sites is 2. The van der Waals surface area contributed by atoms with Gasteiger partial charge in [-0.25, -0.2) is 0 Å². The molecule has 6 nitrogen and oxygen atoms in total. The van der Waals surface area contributed by atoms with Gasteiger partial charge >= 0.3 is 0 Å². The van der Waals surface area contributed by atoms with Crippen LogP contribution in [0.4, 0.5) is 5.69 Å². The molecule has 20 heavy (non-hydrogen) atoms. The molecule has 0 saturated heterocycles. The summed E-state index contributed by atoms with van der Waals surface area (Å²) in [7, 11) is 1.68. The highest BCUT2D eigenvalue weighted by Crippen LogP contribution is 2.33. The Kier molecular flexibility index (Phi) is 3.83. The highest BCUT2D eigenvalue weighted by Gasteiger charge is 2.25. The van der Waals surface area contributed by atoms with Crippen LogP contribution in [0.1, 0.15) is 24.2 Å². The van der Waals surface area contributed by atoms with Crippen molar-refractivity contribution in [2.45, 2.75) is 18.9 Å². The summed E-state index contributed by atoms with van der Waals surface area (Å²) >= 11 is 0. The lowest BCUT2D eigenvalue weighted by Crippen LogP contribution is -2.23. The lowest BCUT2D eigenvalue weighted by Gasteiger charge is -2.24. The number of nitrogens with one attached hydrogen (secondary N) is 1. The molecular weight excluding hydrogens is 258 g/mol. The zero-order valence-corrected chi connectivity index (χ0v) is 11.3. The van der Waals surface area contributed by atoms with Gasteiger partial charge in [-0.15, -0.1) is 0 Å². The number of ether oxygens (including phenoxy) is 2. The van der Waals surface area contributed by atoms with Crippen molar-refractivity contribution >= 4 is 5.69 Å². The van der Waals surface area contributed by atoms with Crippen molar-refractivity contribution in [2.24, 2.45) is 0 Å². The van der Waals surface area contributed by atoms with Crippen LogP contribution >= 0.6 is 0 Å². The molecule has 106 valence electrons. The minimum Gasteiger partial charge on any atom is -0.477 e. The predicted molar refractivity (Wildman–Crippen MR) is 72.8 cm³/mol. The molecule has 0 amide bonds. The average Bonchev–Trinajstić information content (AvgIpc) is 2.96. The van der Waals surface area contributed by atoms with E-state index in [9.17, 15) is 0 Å². The fourth-order valence-corrected chi connectivity index (χ4v) is 2.13. The molecule has 0 saturated carbocycles. The van der Waals surface area contributed by atoms with Gasteiger partial charge in [0, 0.05) is 20.1 Å². The van der Waals surface area contributed by atoms with E-state index in [0.29, 0.717) is 24.9 Å². The maximum absolute atomic E-state index is 5.87. The Labute approximate surface area is 117 Å². The fraction of sp³-hybridized carbons (Fsp3) is 0.429. The molecule has 0 spiro atoms. The number of aryl methyl sites for hydroxylation is 1. The van der Waals surface area contributed by atoms with E-state index in [1.165, 1.54) is 0 Å². The number of benzene rings is 1. The van der Waals surface area contributed by atoms with E-state index in [1.807, 2.05) is 24.3 Å². The largest absolute Gasteiger partial charge is 0.477 e. The lowest BCUT2D eigenvalue weighted by molar-refractivity contribution is 0.162. The Morgan fingerprint density at radius 1 is 1.40 bits per heavy atom. The van der Waals surface area contributed by atoms with E-state index in [1.54, 1.807) is 7.11 Å². The second kappa shape index (κ2) is 5.92. The Balaban J connectivity index is 1.66. The number of aromatic nitrogens is 2. The van der Waals surface area contributed by atoms with E-state index in [2.05, 4.69) is 15.5 Å². The standard InChI is InChI=1S/C14H17N3O3/c1-18-8-4-7-13-16-14(20-17-13)12-9-15-10-5-2-3-6-11(10)19-12/h2-3,5-6,12,15H,4,7-9H2,1H3. The first kappa shape index (κ1) is 12.9. The summed E-state index contributed by atoms with van der Waals surface area (Å²) in [6.45, 7) is 1.31. The number of anilines is 1.